The molecule has 0 fully saturated rings. The van der Waals surface area contributed by atoms with Gasteiger partial charge in [0.1, 0.15) is 5.69 Å². The zero-order valence-corrected chi connectivity index (χ0v) is 13.1. The Labute approximate surface area is 132 Å². The molecule has 1 aliphatic heterocycles. The second kappa shape index (κ2) is 5.95. The van der Waals surface area contributed by atoms with Crippen molar-refractivity contribution >= 4 is 27.5 Å². The van der Waals surface area contributed by atoms with Crippen molar-refractivity contribution in [1.82, 2.24) is 4.98 Å². The quantitative estimate of drug-likeness (QED) is 0.930. The predicted molar refractivity (Wildman–Crippen MR) is 86.5 cm³/mol. The average Bonchev–Trinajstić information content (AvgIpc) is 2.87. The van der Waals surface area contributed by atoms with Gasteiger partial charge in [-0.3, -0.25) is 4.79 Å². The molecule has 2 aromatic rings. The molecule has 4 nitrogen and oxygen atoms in total. The number of hydrogen-bond acceptors (Lipinski definition) is 3. The Morgan fingerprint density at radius 3 is 2.86 bits per heavy atom. The van der Waals surface area contributed by atoms with E-state index < -0.39 is 0 Å². The van der Waals surface area contributed by atoms with Crippen LogP contribution in [0.25, 0.3) is 0 Å². The molecule has 1 aromatic carbocycles. The van der Waals surface area contributed by atoms with Crippen LogP contribution in [0, 0.1) is 0 Å². The lowest BCUT2D eigenvalue weighted by atomic mass is 9.98. The third-order valence-corrected chi connectivity index (χ3v) is 4.25. The first-order valence-corrected chi connectivity index (χ1v) is 7.72. The average molecular weight is 346 g/mol. The Kier molecular flexibility index (Phi) is 4.03. The molecule has 2 heterocycles. The molecular weight excluding hydrogens is 330 g/mol. The summed E-state index contributed by atoms with van der Waals surface area (Å²) >= 11 is 3.33. The van der Waals surface area contributed by atoms with Crippen LogP contribution in [0.1, 0.15) is 28.4 Å². The number of halogens is 1. The van der Waals surface area contributed by atoms with Crippen molar-refractivity contribution in [2.24, 2.45) is 5.73 Å². The Morgan fingerprint density at radius 2 is 2.14 bits per heavy atom. The molecule has 0 saturated carbocycles. The van der Waals surface area contributed by atoms with Crippen molar-refractivity contribution in [1.29, 1.82) is 0 Å². The van der Waals surface area contributed by atoms with Crippen LogP contribution in [0.15, 0.2) is 47.1 Å². The SMILES string of the molecule is NCCC1CN(C(=O)c2ccc(Br)cn2)c2ccccc21. The maximum atomic E-state index is 12.7. The van der Waals surface area contributed by atoms with Gasteiger partial charge in [0.2, 0.25) is 0 Å². The van der Waals surface area contributed by atoms with Gasteiger partial charge < -0.3 is 10.6 Å². The maximum absolute atomic E-state index is 12.7. The van der Waals surface area contributed by atoms with E-state index in [0.717, 1.165) is 16.6 Å². The van der Waals surface area contributed by atoms with Gasteiger partial charge >= 0.3 is 0 Å². The lowest BCUT2D eigenvalue weighted by molar-refractivity contribution is 0.0983. The van der Waals surface area contributed by atoms with Crippen LogP contribution in [0.2, 0.25) is 0 Å². The third kappa shape index (κ3) is 2.71. The number of carbonyl (C=O) groups is 1. The van der Waals surface area contributed by atoms with Gasteiger partial charge in [-0.05, 0) is 52.7 Å². The van der Waals surface area contributed by atoms with Crippen LogP contribution >= 0.6 is 15.9 Å². The Hall–Kier alpha value is -1.72. The minimum atomic E-state index is -0.0607. The second-order valence-corrected chi connectivity index (χ2v) is 6.03. The van der Waals surface area contributed by atoms with Gasteiger partial charge in [-0.2, -0.15) is 0 Å². The van der Waals surface area contributed by atoms with Crippen LogP contribution in [0.3, 0.4) is 0 Å². The molecule has 0 saturated heterocycles. The molecule has 1 aliphatic rings. The smallest absolute Gasteiger partial charge is 0.276 e. The van der Waals surface area contributed by atoms with Gasteiger partial charge in [-0.15, -0.1) is 0 Å². The van der Waals surface area contributed by atoms with Gasteiger partial charge in [0.05, 0.1) is 0 Å². The predicted octanol–water partition coefficient (Wildman–Crippen LogP) is 2.94. The number of fused-ring (bicyclic) bond motifs is 1. The second-order valence-electron chi connectivity index (χ2n) is 5.11. The Bertz CT molecular complexity index is 657. The lowest BCUT2D eigenvalue weighted by Crippen LogP contribution is -2.30. The fourth-order valence-corrected chi connectivity index (χ4v) is 3.01. The standard InChI is InChI=1S/C16H16BrN3O/c17-12-5-6-14(19-9-12)16(21)20-10-11(7-8-18)13-3-1-2-4-15(13)20/h1-6,9,11H,7-8,10,18H2. The molecule has 5 heteroatoms. The number of aromatic nitrogens is 1. The number of nitrogens with two attached hydrogens (primary N) is 1. The van der Waals surface area contributed by atoms with Crippen LogP contribution in [0.5, 0.6) is 0 Å². The molecule has 0 spiro atoms. The molecule has 1 amide bonds. The lowest BCUT2D eigenvalue weighted by Gasteiger charge is -2.17. The van der Waals surface area contributed by atoms with E-state index in [0.29, 0.717) is 24.7 Å². The fourth-order valence-electron chi connectivity index (χ4n) is 2.78. The van der Waals surface area contributed by atoms with E-state index in [1.54, 1.807) is 12.3 Å². The third-order valence-electron chi connectivity index (χ3n) is 3.78. The zero-order chi connectivity index (χ0) is 14.8. The van der Waals surface area contributed by atoms with E-state index in [9.17, 15) is 4.79 Å². The number of nitrogens with zero attached hydrogens (tertiary/aromatic N) is 2. The number of hydrogen-bond donors (Lipinski definition) is 1. The van der Waals surface area contributed by atoms with Crippen molar-refractivity contribution in [2.75, 3.05) is 18.0 Å². The van der Waals surface area contributed by atoms with E-state index in [1.807, 2.05) is 29.2 Å². The summed E-state index contributed by atoms with van der Waals surface area (Å²) in [5.74, 6) is 0.250. The van der Waals surface area contributed by atoms with Crippen LogP contribution in [0.4, 0.5) is 5.69 Å². The van der Waals surface area contributed by atoms with Crippen molar-refractivity contribution < 1.29 is 4.79 Å². The summed E-state index contributed by atoms with van der Waals surface area (Å²) in [4.78, 5) is 18.7. The summed E-state index contributed by atoms with van der Waals surface area (Å²) in [7, 11) is 0. The molecule has 0 bridgehead atoms. The summed E-state index contributed by atoms with van der Waals surface area (Å²) in [6, 6.07) is 11.6. The topological polar surface area (TPSA) is 59.2 Å². The van der Waals surface area contributed by atoms with Crippen LogP contribution < -0.4 is 10.6 Å². The first kappa shape index (κ1) is 14.2. The number of carbonyl (C=O) groups excluding carboxylic acids is 1. The number of amides is 1. The minimum Gasteiger partial charge on any atom is -0.330 e. The number of rotatable bonds is 3. The molecule has 2 N–H and O–H groups in total. The normalized spacial score (nSPS) is 16.9. The molecule has 21 heavy (non-hydrogen) atoms. The van der Waals surface area contributed by atoms with Crippen molar-refractivity contribution in [3.63, 3.8) is 0 Å². The minimum absolute atomic E-state index is 0.0607. The van der Waals surface area contributed by atoms with Crippen LogP contribution in [-0.4, -0.2) is 24.0 Å². The van der Waals surface area contributed by atoms with Crippen molar-refractivity contribution in [2.45, 2.75) is 12.3 Å². The Morgan fingerprint density at radius 1 is 1.33 bits per heavy atom. The number of para-hydroxylation sites is 1. The number of benzene rings is 1. The molecule has 0 aliphatic carbocycles. The molecule has 1 unspecified atom stereocenters. The first-order chi connectivity index (χ1) is 10.2. The van der Waals surface area contributed by atoms with Crippen LogP contribution in [-0.2, 0) is 0 Å². The highest BCUT2D eigenvalue weighted by atomic mass is 79.9. The monoisotopic (exact) mass is 345 g/mol. The molecule has 0 radical (unpaired) electrons. The number of pyridine rings is 1. The molecule has 1 atom stereocenters. The van der Waals surface area contributed by atoms with E-state index >= 15 is 0 Å². The summed E-state index contributed by atoms with van der Waals surface area (Å²) in [6.07, 6.45) is 2.53. The van der Waals surface area contributed by atoms with E-state index in [1.165, 1.54) is 5.56 Å². The summed E-state index contributed by atoms with van der Waals surface area (Å²) in [6.45, 7) is 1.30. The molecule has 3 rings (SSSR count). The summed E-state index contributed by atoms with van der Waals surface area (Å²) < 4.78 is 0.863. The molecular formula is C16H16BrN3O. The summed E-state index contributed by atoms with van der Waals surface area (Å²) in [5.41, 5.74) is 8.33. The zero-order valence-electron chi connectivity index (χ0n) is 11.5. The maximum Gasteiger partial charge on any atom is 0.276 e. The van der Waals surface area contributed by atoms with Gasteiger partial charge in [0.25, 0.3) is 5.91 Å². The van der Waals surface area contributed by atoms with Gasteiger partial charge in [-0.25, -0.2) is 4.98 Å². The van der Waals surface area contributed by atoms with Gasteiger partial charge in [-0.1, -0.05) is 18.2 Å². The van der Waals surface area contributed by atoms with Gasteiger partial charge in [0, 0.05) is 28.8 Å². The highest BCUT2D eigenvalue weighted by Gasteiger charge is 2.32. The molecule has 108 valence electrons. The Balaban J connectivity index is 1.92. The molecule has 1 aromatic heterocycles. The van der Waals surface area contributed by atoms with E-state index in [2.05, 4.69) is 27.0 Å². The summed E-state index contributed by atoms with van der Waals surface area (Å²) in [5, 5.41) is 0. The largest absolute Gasteiger partial charge is 0.330 e. The van der Waals surface area contributed by atoms with E-state index in [-0.39, 0.29) is 5.91 Å². The van der Waals surface area contributed by atoms with Crippen molar-refractivity contribution in [3.8, 4) is 0 Å². The fraction of sp³-hybridized carbons (Fsp3) is 0.250. The number of anilines is 1. The van der Waals surface area contributed by atoms with E-state index in [4.69, 9.17) is 5.73 Å². The van der Waals surface area contributed by atoms with Crippen molar-refractivity contribution in [3.05, 3.63) is 58.3 Å². The first-order valence-electron chi connectivity index (χ1n) is 6.93. The highest BCUT2D eigenvalue weighted by Crippen LogP contribution is 2.38. The highest BCUT2D eigenvalue weighted by molar-refractivity contribution is 9.10. The van der Waals surface area contributed by atoms with Gasteiger partial charge in [0.15, 0.2) is 0 Å².